The van der Waals surface area contributed by atoms with E-state index in [4.69, 9.17) is 9.47 Å². The number of esters is 1. The third-order valence-electron chi connectivity index (χ3n) is 2.00. The topological polar surface area (TPSA) is 35.5 Å². The third-order valence-corrected chi connectivity index (χ3v) is 2.64. The van der Waals surface area contributed by atoms with Crippen molar-refractivity contribution in [2.24, 2.45) is 0 Å². The fourth-order valence-corrected chi connectivity index (χ4v) is 1.65. The first-order chi connectivity index (χ1) is 7.72. The molecule has 0 amide bonds. The van der Waals surface area contributed by atoms with Gasteiger partial charge in [0.05, 0.1) is 13.2 Å². The Hall–Kier alpha value is -1.03. The van der Waals surface area contributed by atoms with Crippen LogP contribution in [0.3, 0.4) is 0 Å². The Kier molecular flexibility index (Phi) is 5.32. The molecule has 0 fully saturated rings. The van der Waals surface area contributed by atoms with Gasteiger partial charge < -0.3 is 9.47 Å². The molecular weight excluding hydrogens is 272 g/mol. The first-order valence-electron chi connectivity index (χ1n) is 5.21. The van der Waals surface area contributed by atoms with Crippen LogP contribution < -0.4 is 4.74 Å². The smallest absolute Gasteiger partial charge is 0.341 e. The van der Waals surface area contributed by atoms with Gasteiger partial charge in [-0.1, -0.05) is 22.0 Å². The van der Waals surface area contributed by atoms with Crippen molar-refractivity contribution in [3.05, 3.63) is 29.3 Å². The number of carbonyl (C=O) groups is 1. The molecule has 0 aliphatic rings. The van der Waals surface area contributed by atoms with Gasteiger partial charge in [0.2, 0.25) is 0 Å². The Labute approximate surface area is 104 Å². The van der Waals surface area contributed by atoms with Crippen molar-refractivity contribution in [2.75, 3.05) is 13.2 Å². The first kappa shape index (κ1) is 13.0. The van der Waals surface area contributed by atoms with Crippen molar-refractivity contribution in [2.45, 2.75) is 19.2 Å². The number of benzene rings is 1. The molecule has 0 N–H and O–H groups in total. The number of ether oxygens (including phenoxy) is 2. The molecule has 1 rings (SSSR count). The molecule has 4 heteroatoms. The molecule has 0 spiro atoms. The molecule has 16 heavy (non-hydrogen) atoms. The second kappa shape index (κ2) is 6.53. The highest BCUT2D eigenvalue weighted by molar-refractivity contribution is 9.08. The third kappa shape index (κ3) is 3.23. The molecule has 1 aromatic rings. The Morgan fingerprint density at radius 2 is 2.06 bits per heavy atom. The Bertz CT molecular complexity index is 363. The lowest BCUT2D eigenvalue weighted by Gasteiger charge is -2.10. The summed E-state index contributed by atoms with van der Waals surface area (Å²) in [6, 6.07) is 5.47. The zero-order chi connectivity index (χ0) is 12.0. The van der Waals surface area contributed by atoms with Gasteiger partial charge in [0.25, 0.3) is 0 Å². The lowest BCUT2D eigenvalue weighted by molar-refractivity contribution is 0.0522. The van der Waals surface area contributed by atoms with E-state index in [1.54, 1.807) is 13.0 Å². The lowest BCUT2D eigenvalue weighted by atomic mass is 10.1. The molecule has 0 saturated heterocycles. The van der Waals surface area contributed by atoms with Gasteiger partial charge in [-0.05, 0) is 31.5 Å². The summed E-state index contributed by atoms with van der Waals surface area (Å²) in [6.07, 6.45) is 0. The van der Waals surface area contributed by atoms with Crippen LogP contribution in [0.25, 0.3) is 0 Å². The number of halogens is 1. The zero-order valence-electron chi connectivity index (χ0n) is 9.46. The van der Waals surface area contributed by atoms with Crippen LogP contribution in [0.2, 0.25) is 0 Å². The van der Waals surface area contributed by atoms with Crippen LogP contribution in [0.5, 0.6) is 5.75 Å². The molecule has 88 valence electrons. The minimum absolute atomic E-state index is 0.341. The minimum atomic E-state index is -0.341. The second-order valence-electron chi connectivity index (χ2n) is 3.12. The average molecular weight is 287 g/mol. The van der Waals surface area contributed by atoms with Crippen molar-refractivity contribution < 1.29 is 14.3 Å². The zero-order valence-corrected chi connectivity index (χ0v) is 11.0. The molecule has 0 unspecified atom stereocenters. The van der Waals surface area contributed by atoms with Crippen LogP contribution in [-0.2, 0) is 10.1 Å². The van der Waals surface area contributed by atoms with Gasteiger partial charge in [0.1, 0.15) is 11.3 Å². The van der Waals surface area contributed by atoms with Crippen LogP contribution in [0.15, 0.2) is 18.2 Å². The standard InChI is InChI=1S/C12H15BrO3/c1-3-15-11-7-9(8-13)5-6-10(11)12(14)16-4-2/h5-7H,3-4,8H2,1-2H3. The van der Waals surface area contributed by atoms with E-state index in [1.807, 2.05) is 19.1 Å². The van der Waals surface area contributed by atoms with E-state index in [1.165, 1.54) is 0 Å². The summed E-state index contributed by atoms with van der Waals surface area (Å²) < 4.78 is 10.4. The average Bonchev–Trinajstić information content (AvgIpc) is 2.29. The number of carbonyl (C=O) groups excluding carboxylic acids is 1. The molecule has 0 aliphatic heterocycles. The van der Waals surface area contributed by atoms with Crippen LogP contribution >= 0.6 is 15.9 Å². The Balaban J connectivity index is 3.01. The van der Waals surface area contributed by atoms with Gasteiger partial charge >= 0.3 is 5.97 Å². The summed E-state index contributed by atoms with van der Waals surface area (Å²) in [5.41, 5.74) is 1.55. The normalized spacial score (nSPS) is 9.94. The van der Waals surface area contributed by atoms with Crippen molar-refractivity contribution >= 4 is 21.9 Å². The highest BCUT2D eigenvalue weighted by atomic mass is 79.9. The minimum Gasteiger partial charge on any atom is -0.493 e. The lowest BCUT2D eigenvalue weighted by Crippen LogP contribution is -2.08. The number of alkyl halides is 1. The summed E-state index contributed by atoms with van der Waals surface area (Å²) in [5.74, 6) is 0.241. The molecule has 1 aromatic carbocycles. The largest absolute Gasteiger partial charge is 0.493 e. The molecule has 0 aliphatic carbocycles. The summed E-state index contributed by atoms with van der Waals surface area (Å²) in [4.78, 5) is 11.6. The maximum atomic E-state index is 11.6. The molecule has 0 saturated carbocycles. The van der Waals surface area contributed by atoms with Crippen molar-refractivity contribution in [3.8, 4) is 5.75 Å². The van der Waals surface area contributed by atoms with E-state index in [-0.39, 0.29) is 5.97 Å². The summed E-state index contributed by atoms with van der Waals surface area (Å²) >= 11 is 3.36. The molecule has 0 bridgehead atoms. The van der Waals surface area contributed by atoms with Crippen LogP contribution in [0.4, 0.5) is 0 Å². The van der Waals surface area contributed by atoms with Crippen LogP contribution in [0.1, 0.15) is 29.8 Å². The van der Waals surface area contributed by atoms with E-state index < -0.39 is 0 Å². The maximum absolute atomic E-state index is 11.6. The fraction of sp³-hybridized carbons (Fsp3) is 0.417. The fourth-order valence-electron chi connectivity index (χ4n) is 1.30. The van der Waals surface area contributed by atoms with Crippen LogP contribution in [-0.4, -0.2) is 19.2 Å². The number of hydrogen-bond donors (Lipinski definition) is 0. The molecule has 3 nitrogen and oxygen atoms in total. The monoisotopic (exact) mass is 286 g/mol. The molecule has 0 atom stereocenters. The van der Waals surface area contributed by atoms with Crippen LogP contribution in [0, 0.1) is 0 Å². The van der Waals surface area contributed by atoms with E-state index >= 15 is 0 Å². The number of hydrogen-bond acceptors (Lipinski definition) is 3. The maximum Gasteiger partial charge on any atom is 0.341 e. The van der Waals surface area contributed by atoms with Crippen molar-refractivity contribution in [1.82, 2.24) is 0 Å². The Morgan fingerprint density at radius 3 is 2.62 bits per heavy atom. The van der Waals surface area contributed by atoms with Gasteiger partial charge in [0, 0.05) is 5.33 Å². The highest BCUT2D eigenvalue weighted by Crippen LogP contribution is 2.22. The molecule has 0 radical (unpaired) electrons. The van der Waals surface area contributed by atoms with E-state index in [9.17, 15) is 4.79 Å². The summed E-state index contributed by atoms with van der Waals surface area (Å²) in [6.45, 7) is 4.56. The molecule has 0 heterocycles. The highest BCUT2D eigenvalue weighted by Gasteiger charge is 2.13. The van der Waals surface area contributed by atoms with Gasteiger partial charge in [-0.25, -0.2) is 4.79 Å². The van der Waals surface area contributed by atoms with Gasteiger partial charge in [0.15, 0.2) is 0 Å². The van der Waals surface area contributed by atoms with Crippen molar-refractivity contribution in [1.29, 1.82) is 0 Å². The predicted molar refractivity (Wildman–Crippen MR) is 66.2 cm³/mol. The number of rotatable bonds is 5. The van der Waals surface area contributed by atoms with Gasteiger partial charge in [-0.3, -0.25) is 0 Å². The summed E-state index contributed by atoms with van der Waals surface area (Å²) in [7, 11) is 0. The van der Waals surface area contributed by atoms with Crippen molar-refractivity contribution in [3.63, 3.8) is 0 Å². The quantitative estimate of drug-likeness (QED) is 0.616. The SMILES string of the molecule is CCOC(=O)c1ccc(CBr)cc1OCC. The first-order valence-corrected chi connectivity index (χ1v) is 6.33. The Morgan fingerprint density at radius 1 is 1.31 bits per heavy atom. The van der Waals surface area contributed by atoms with E-state index in [2.05, 4.69) is 15.9 Å². The second-order valence-corrected chi connectivity index (χ2v) is 3.68. The van der Waals surface area contributed by atoms with Gasteiger partial charge in [-0.2, -0.15) is 0 Å². The van der Waals surface area contributed by atoms with Gasteiger partial charge in [-0.15, -0.1) is 0 Å². The molecular formula is C12H15BrO3. The van der Waals surface area contributed by atoms with E-state index in [0.717, 1.165) is 10.9 Å². The summed E-state index contributed by atoms with van der Waals surface area (Å²) in [5, 5.41) is 0.732. The predicted octanol–water partition coefficient (Wildman–Crippen LogP) is 3.16. The van der Waals surface area contributed by atoms with E-state index in [0.29, 0.717) is 24.5 Å². The molecule has 0 aromatic heterocycles.